The van der Waals surface area contributed by atoms with E-state index in [0.29, 0.717) is 12.2 Å². The molecule has 0 fully saturated rings. The van der Waals surface area contributed by atoms with Gasteiger partial charge in [0.25, 0.3) is 0 Å². The molecular weight excluding hydrogens is 268 g/mol. The fourth-order valence-electron chi connectivity index (χ4n) is 2.08. The molecule has 4 nitrogen and oxygen atoms in total. The van der Waals surface area contributed by atoms with Crippen molar-refractivity contribution in [1.82, 2.24) is 0 Å². The van der Waals surface area contributed by atoms with Gasteiger partial charge in [0, 0.05) is 6.42 Å². The van der Waals surface area contributed by atoms with Crippen molar-refractivity contribution >= 4 is 11.9 Å². The van der Waals surface area contributed by atoms with E-state index >= 15 is 0 Å². The highest BCUT2D eigenvalue weighted by Crippen LogP contribution is 2.09. The Hall–Kier alpha value is -1.84. The van der Waals surface area contributed by atoms with Crippen molar-refractivity contribution < 1.29 is 19.4 Å². The number of aliphatic carboxylic acids is 1. The lowest BCUT2D eigenvalue weighted by molar-refractivity contribution is -0.137. The quantitative estimate of drug-likeness (QED) is 0.493. The molecule has 4 heteroatoms. The Balaban J connectivity index is 1.91. The second-order valence-electron chi connectivity index (χ2n) is 5.12. The van der Waals surface area contributed by atoms with E-state index in [2.05, 4.69) is 0 Å². The molecule has 0 bridgehead atoms. The van der Waals surface area contributed by atoms with E-state index in [0.717, 1.165) is 44.9 Å². The highest BCUT2D eigenvalue weighted by molar-refractivity contribution is 5.89. The molecule has 0 amide bonds. The average Bonchev–Trinajstić information content (AvgIpc) is 2.49. The summed E-state index contributed by atoms with van der Waals surface area (Å²) in [6, 6.07) is 9.01. The largest absolute Gasteiger partial charge is 0.481 e. The maximum atomic E-state index is 11.6. The normalized spacial score (nSPS) is 10.3. The molecule has 1 N–H and O–H groups in total. The number of hydrogen-bond donors (Lipinski definition) is 1. The van der Waals surface area contributed by atoms with Crippen LogP contribution in [0.15, 0.2) is 30.3 Å². The van der Waals surface area contributed by atoms with Gasteiger partial charge in [0.2, 0.25) is 0 Å². The first-order valence-corrected chi connectivity index (χ1v) is 7.64. The number of carboxylic acids is 1. The highest BCUT2D eigenvalue weighted by atomic mass is 16.5. The van der Waals surface area contributed by atoms with Gasteiger partial charge in [0.1, 0.15) is 0 Å². The molecule has 0 atom stereocenters. The van der Waals surface area contributed by atoms with Crippen LogP contribution in [0.25, 0.3) is 0 Å². The maximum Gasteiger partial charge on any atom is 0.338 e. The van der Waals surface area contributed by atoms with Crippen LogP contribution in [0.2, 0.25) is 0 Å². The van der Waals surface area contributed by atoms with Crippen molar-refractivity contribution in [3.8, 4) is 0 Å². The molecule has 0 aliphatic carbocycles. The standard InChI is InChI=1S/C17H24O4/c18-16(19)13-9-4-2-1-3-5-10-14-21-17(20)15-11-7-6-8-12-15/h6-8,11-12H,1-5,9-10,13-14H2,(H,18,19). The van der Waals surface area contributed by atoms with Crippen molar-refractivity contribution in [2.75, 3.05) is 6.61 Å². The Labute approximate surface area is 126 Å². The molecule has 0 aliphatic rings. The molecule has 0 unspecified atom stereocenters. The van der Waals surface area contributed by atoms with E-state index in [1.54, 1.807) is 12.1 Å². The zero-order valence-electron chi connectivity index (χ0n) is 12.4. The van der Waals surface area contributed by atoms with Crippen LogP contribution in [0.4, 0.5) is 0 Å². The van der Waals surface area contributed by atoms with Gasteiger partial charge in [-0.15, -0.1) is 0 Å². The lowest BCUT2D eigenvalue weighted by atomic mass is 10.1. The van der Waals surface area contributed by atoms with Crippen LogP contribution in [0, 0.1) is 0 Å². The van der Waals surface area contributed by atoms with Crippen LogP contribution >= 0.6 is 0 Å². The predicted octanol–water partition coefficient (Wildman–Crippen LogP) is 4.05. The number of rotatable bonds is 11. The summed E-state index contributed by atoms with van der Waals surface area (Å²) in [6.07, 6.45) is 7.25. The number of carbonyl (C=O) groups is 2. The summed E-state index contributed by atoms with van der Waals surface area (Å²) in [5.41, 5.74) is 0.593. The smallest absolute Gasteiger partial charge is 0.338 e. The fraction of sp³-hybridized carbons (Fsp3) is 0.529. The third-order valence-corrected chi connectivity index (χ3v) is 3.28. The van der Waals surface area contributed by atoms with Crippen LogP contribution in [-0.4, -0.2) is 23.7 Å². The summed E-state index contributed by atoms with van der Waals surface area (Å²) >= 11 is 0. The van der Waals surface area contributed by atoms with Crippen molar-refractivity contribution in [3.63, 3.8) is 0 Å². The second-order valence-corrected chi connectivity index (χ2v) is 5.12. The minimum atomic E-state index is -0.713. The van der Waals surface area contributed by atoms with E-state index in [9.17, 15) is 9.59 Å². The summed E-state index contributed by atoms with van der Waals surface area (Å²) in [4.78, 5) is 22.0. The van der Waals surface area contributed by atoms with Crippen LogP contribution in [0.1, 0.15) is 61.7 Å². The van der Waals surface area contributed by atoms with E-state index in [4.69, 9.17) is 9.84 Å². The summed E-state index contributed by atoms with van der Waals surface area (Å²) in [5, 5.41) is 8.50. The molecule has 1 aromatic rings. The minimum absolute atomic E-state index is 0.260. The van der Waals surface area contributed by atoms with Gasteiger partial charge in [-0.3, -0.25) is 4.79 Å². The molecule has 1 rings (SSSR count). The zero-order valence-corrected chi connectivity index (χ0v) is 12.4. The van der Waals surface area contributed by atoms with Crippen molar-refractivity contribution in [2.24, 2.45) is 0 Å². The third-order valence-electron chi connectivity index (χ3n) is 3.28. The number of benzene rings is 1. The van der Waals surface area contributed by atoms with Crippen LogP contribution in [-0.2, 0) is 9.53 Å². The van der Waals surface area contributed by atoms with Gasteiger partial charge in [0.15, 0.2) is 0 Å². The number of ether oxygens (including phenoxy) is 1. The molecule has 0 aromatic heterocycles. The average molecular weight is 292 g/mol. The molecule has 0 saturated heterocycles. The Morgan fingerprint density at radius 3 is 2.05 bits per heavy atom. The lowest BCUT2D eigenvalue weighted by Crippen LogP contribution is -2.06. The summed E-state index contributed by atoms with van der Waals surface area (Å²) < 4.78 is 5.20. The minimum Gasteiger partial charge on any atom is -0.481 e. The Kier molecular flexibility index (Phi) is 8.93. The first-order valence-electron chi connectivity index (χ1n) is 7.64. The van der Waals surface area contributed by atoms with Gasteiger partial charge in [0.05, 0.1) is 12.2 Å². The molecule has 0 heterocycles. The van der Waals surface area contributed by atoms with Crippen molar-refractivity contribution in [2.45, 2.75) is 51.4 Å². The number of esters is 1. The van der Waals surface area contributed by atoms with E-state index in [1.807, 2.05) is 18.2 Å². The molecular formula is C17H24O4. The van der Waals surface area contributed by atoms with Gasteiger partial charge >= 0.3 is 11.9 Å². The monoisotopic (exact) mass is 292 g/mol. The number of unbranched alkanes of at least 4 members (excludes halogenated alkanes) is 6. The van der Waals surface area contributed by atoms with Gasteiger partial charge in [-0.2, -0.15) is 0 Å². The van der Waals surface area contributed by atoms with Gasteiger partial charge in [-0.25, -0.2) is 4.79 Å². The van der Waals surface area contributed by atoms with E-state index < -0.39 is 5.97 Å². The lowest BCUT2D eigenvalue weighted by Gasteiger charge is -2.05. The molecule has 0 radical (unpaired) electrons. The van der Waals surface area contributed by atoms with Crippen LogP contribution in [0.5, 0.6) is 0 Å². The second kappa shape index (κ2) is 10.9. The maximum absolute atomic E-state index is 11.6. The molecule has 0 aliphatic heterocycles. The molecule has 21 heavy (non-hydrogen) atoms. The summed E-state index contributed by atoms with van der Waals surface area (Å²) in [6.45, 7) is 0.465. The summed E-state index contributed by atoms with van der Waals surface area (Å²) in [5.74, 6) is -0.973. The van der Waals surface area contributed by atoms with E-state index in [-0.39, 0.29) is 12.4 Å². The van der Waals surface area contributed by atoms with Crippen LogP contribution < -0.4 is 0 Å². The van der Waals surface area contributed by atoms with Gasteiger partial charge in [-0.05, 0) is 25.0 Å². The SMILES string of the molecule is O=C(O)CCCCCCCCCOC(=O)c1ccccc1. The molecule has 0 saturated carbocycles. The van der Waals surface area contributed by atoms with Crippen molar-refractivity contribution in [1.29, 1.82) is 0 Å². The Morgan fingerprint density at radius 2 is 1.43 bits per heavy atom. The Morgan fingerprint density at radius 1 is 0.857 bits per heavy atom. The topological polar surface area (TPSA) is 63.6 Å². The molecule has 0 spiro atoms. The fourth-order valence-corrected chi connectivity index (χ4v) is 2.08. The first kappa shape index (κ1) is 17.2. The number of carboxylic acid groups (broad SMARTS) is 1. The van der Waals surface area contributed by atoms with Crippen LogP contribution in [0.3, 0.4) is 0 Å². The molecule has 116 valence electrons. The number of hydrogen-bond acceptors (Lipinski definition) is 3. The van der Waals surface area contributed by atoms with Crippen molar-refractivity contribution in [3.05, 3.63) is 35.9 Å². The third kappa shape index (κ3) is 8.84. The summed E-state index contributed by atoms with van der Waals surface area (Å²) in [7, 11) is 0. The highest BCUT2D eigenvalue weighted by Gasteiger charge is 2.04. The van der Waals surface area contributed by atoms with Gasteiger partial charge in [-0.1, -0.05) is 50.3 Å². The van der Waals surface area contributed by atoms with Gasteiger partial charge < -0.3 is 9.84 Å². The Bertz CT molecular complexity index is 414. The first-order chi connectivity index (χ1) is 10.2. The van der Waals surface area contributed by atoms with E-state index in [1.165, 1.54) is 0 Å². The number of carbonyl (C=O) groups excluding carboxylic acids is 1. The molecule has 1 aromatic carbocycles. The predicted molar refractivity (Wildman–Crippen MR) is 81.3 cm³/mol. The zero-order chi connectivity index (χ0) is 15.3.